The fourth-order valence-electron chi connectivity index (χ4n) is 10.6. The van der Waals surface area contributed by atoms with Crippen molar-refractivity contribution in [3.05, 3.63) is 203 Å². The summed E-state index contributed by atoms with van der Waals surface area (Å²) in [6.07, 6.45) is 26.2. The van der Waals surface area contributed by atoms with Crippen LogP contribution in [0.1, 0.15) is 73.3 Å². The van der Waals surface area contributed by atoms with Crippen molar-refractivity contribution in [2.24, 2.45) is 5.92 Å². The molecule has 5 aromatic carbocycles. The standard InChI is InChI=1S/C53H48N2/c1-4-53(5-2)47-34-38(22-20-36-26-30-50-45(32-36)43-16-10-12-18-49(43)54(50)6-3)24-28-41(47)42-29-25-39(35-48(42)53)23-21-37-27-31-52-46(33-37)44-17-11-13-19-51(44)55(52)40-14-8-7-9-15-40/h7-35,42,46,48,52H,4-6H2,1-3H3/b22-20+,23-21+. The molecular formula is C53H48N2. The smallest absolute Gasteiger partial charge is 0.0630 e. The molecule has 2 heterocycles. The van der Waals surface area contributed by atoms with Crippen molar-refractivity contribution in [3.8, 4) is 0 Å². The van der Waals surface area contributed by atoms with Crippen molar-refractivity contribution in [2.45, 2.75) is 63.5 Å². The molecule has 0 fully saturated rings. The molecule has 4 unspecified atom stereocenters. The number of aromatic nitrogens is 1. The molecule has 55 heavy (non-hydrogen) atoms. The van der Waals surface area contributed by atoms with Crippen molar-refractivity contribution in [1.29, 1.82) is 0 Å². The van der Waals surface area contributed by atoms with Gasteiger partial charge in [-0.25, -0.2) is 0 Å². The van der Waals surface area contributed by atoms with Crippen molar-refractivity contribution in [2.75, 3.05) is 4.90 Å². The lowest BCUT2D eigenvalue weighted by atomic mass is 9.67. The van der Waals surface area contributed by atoms with Crippen LogP contribution in [-0.2, 0) is 12.0 Å². The quantitative estimate of drug-likeness (QED) is 0.143. The summed E-state index contributed by atoms with van der Waals surface area (Å²) in [5.74, 6) is 1.19. The Balaban J connectivity index is 0.917. The number of hydrogen-bond acceptors (Lipinski definition) is 1. The van der Waals surface area contributed by atoms with Crippen LogP contribution in [0.2, 0.25) is 0 Å². The van der Waals surface area contributed by atoms with Gasteiger partial charge in [-0.1, -0.05) is 153 Å². The molecule has 0 bridgehead atoms. The largest absolute Gasteiger partial charge is 0.341 e. The summed E-state index contributed by atoms with van der Waals surface area (Å²) < 4.78 is 2.42. The lowest BCUT2D eigenvalue weighted by Crippen LogP contribution is -2.31. The van der Waals surface area contributed by atoms with E-state index in [0.29, 0.717) is 17.8 Å². The highest BCUT2D eigenvalue weighted by molar-refractivity contribution is 6.08. The third-order valence-electron chi connectivity index (χ3n) is 13.3. The molecule has 4 aliphatic rings. The van der Waals surface area contributed by atoms with E-state index in [-0.39, 0.29) is 11.5 Å². The zero-order valence-corrected chi connectivity index (χ0v) is 32.1. The first-order valence-electron chi connectivity index (χ1n) is 20.3. The van der Waals surface area contributed by atoms with Gasteiger partial charge in [-0.3, -0.25) is 0 Å². The number of anilines is 2. The molecule has 0 amide bonds. The second-order valence-corrected chi connectivity index (χ2v) is 15.8. The molecule has 3 aliphatic carbocycles. The number of aryl methyl sites for hydroxylation is 1. The van der Waals surface area contributed by atoms with Gasteiger partial charge in [-0.05, 0) is 101 Å². The second-order valence-electron chi connectivity index (χ2n) is 15.8. The summed E-state index contributed by atoms with van der Waals surface area (Å²) in [6, 6.07) is 43.0. The summed E-state index contributed by atoms with van der Waals surface area (Å²) in [6.45, 7) is 7.99. The molecule has 4 atom stereocenters. The van der Waals surface area contributed by atoms with E-state index in [1.165, 1.54) is 72.1 Å². The van der Waals surface area contributed by atoms with Crippen molar-refractivity contribution in [3.63, 3.8) is 0 Å². The number of para-hydroxylation sites is 3. The van der Waals surface area contributed by atoms with E-state index in [2.05, 4.69) is 206 Å². The lowest BCUT2D eigenvalue weighted by molar-refractivity contribution is 0.304. The van der Waals surface area contributed by atoms with Gasteiger partial charge < -0.3 is 9.47 Å². The maximum atomic E-state index is 2.59. The summed E-state index contributed by atoms with van der Waals surface area (Å²) in [7, 11) is 0. The molecule has 0 spiro atoms. The molecule has 2 heteroatoms. The summed E-state index contributed by atoms with van der Waals surface area (Å²) in [5.41, 5.74) is 14.8. The minimum Gasteiger partial charge on any atom is -0.341 e. The van der Waals surface area contributed by atoms with Crippen LogP contribution in [0.25, 0.3) is 34.0 Å². The molecule has 0 saturated heterocycles. The fraction of sp³-hybridized carbons (Fsp3) is 0.208. The van der Waals surface area contributed by atoms with Crippen LogP contribution in [-0.4, -0.2) is 10.6 Å². The van der Waals surface area contributed by atoms with Gasteiger partial charge in [0.05, 0.1) is 6.04 Å². The zero-order chi connectivity index (χ0) is 37.1. The van der Waals surface area contributed by atoms with Crippen molar-refractivity contribution >= 4 is 45.3 Å². The topological polar surface area (TPSA) is 8.17 Å². The molecule has 6 aromatic rings. The Morgan fingerprint density at radius 1 is 0.582 bits per heavy atom. The molecule has 0 N–H and O–H groups in total. The highest BCUT2D eigenvalue weighted by Crippen LogP contribution is 2.57. The first-order chi connectivity index (χ1) is 27.1. The number of allylic oxidation sites excluding steroid dienone is 8. The van der Waals surface area contributed by atoms with E-state index in [4.69, 9.17) is 0 Å². The highest BCUT2D eigenvalue weighted by atomic mass is 15.2. The van der Waals surface area contributed by atoms with Crippen LogP contribution in [0.5, 0.6) is 0 Å². The SMILES string of the molecule is CCn1c2ccccc2c2cc(/C=C/c3ccc4c(c3)C(CC)(CC)C3C=C(/C=C/C5=CC6c7ccccc7N(c7ccccc7)C6C=C5)C=CC43)ccc21. The van der Waals surface area contributed by atoms with Crippen molar-refractivity contribution in [1.82, 2.24) is 4.57 Å². The van der Waals surface area contributed by atoms with Gasteiger partial charge in [-0.15, -0.1) is 0 Å². The predicted octanol–water partition coefficient (Wildman–Crippen LogP) is 13.6. The Morgan fingerprint density at radius 2 is 1.27 bits per heavy atom. The second kappa shape index (κ2) is 13.5. The highest BCUT2D eigenvalue weighted by Gasteiger charge is 2.48. The Morgan fingerprint density at radius 3 is 2.09 bits per heavy atom. The Bertz CT molecular complexity index is 2640. The summed E-state index contributed by atoms with van der Waals surface area (Å²) in [4.78, 5) is 2.50. The number of benzene rings is 5. The van der Waals surface area contributed by atoms with Gasteiger partial charge in [-0.2, -0.15) is 0 Å². The van der Waals surface area contributed by atoms with E-state index in [9.17, 15) is 0 Å². The monoisotopic (exact) mass is 712 g/mol. The fourth-order valence-corrected chi connectivity index (χ4v) is 10.6. The third-order valence-corrected chi connectivity index (χ3v) is 13.3. The Hall–Kier alpha value is -5.86. The summed E-state index contributed by atoms with van der Waals surface area (Å²) in [5, 5.41) is 2.66. The number of hydrogen-bond donors (Lipinski definition) is 0. The number of rotatable bonds is 8. The van der Waals surface area contributed by atoms with Gasteiger partial charge in [0.1, 0.15) is 0 Å². The number of fused-ring (bicyclic) bond motifs is 9. The summed E-state index contributed by atoms with van der Waals surface area (Å²) >= 11 is 0. The van der Waals surface area contributed by atoms with Gasteiger partial charge in [0.25, 0.3) is 0 Å². The van der Waals surface area contributed by atoms with Gasteiger partial charge in [0.15, 0.2) is 0 Å². The molecule has 1 aliphatic heterocycles. The molecular weight excluding hydrogens is 665 g/mol. The third kappa shape index (κ3) is 5.37. The average molecular weight is 713 g/mol. The minimum absolute atomic E-state index is 0.111. The Kier molecular flexibility index (Phi) is 8.25. The van der Waals surface area contributed by atoms with Crippen LogP contribution in [0.4, 0.5) is 11.4 Å². The average Bonchev–Trinajstić information content (AvgIpc) is 3.85. The van der Waals surface area contributed by atoms with Crippen LogP contribution in [0.3, 0.4) is 0 Å². The normalized spacial score (nSPS) is 22.0. The number of nitrogens with zero attached hydrogens (tertiary/aromatic N) is 2. The maximum Gasteiger partial charge on any atom is 0.0630 e. The van der Waals surface area contributed by atoms with E-state index in [0.717, 1.165) is 19.4 Å². The molecule has 2 nitrogen and oxygen atoms in total. The lowest BCUT2D eigenvalue weighted by Gasteiger charge is -2.36. The molecule has 0 saturated carbocycles. The van der Waals surface area contributed by atoms with Crippen molar-refractivity contribution < 1.29 is 0 Å². The van der Waals surface area contributed by atoms with Crippen LogP contribution in [0, 0.1) is 5.92 Å². The van der Waals surface area contributed by atoms with Gasteiger partial charge in [0, 0.05) is 57.0 Å². The van der Waals surface area contributed by atoms with E-state index in [1.54, 1.807) is 0 Å². The van der Waals surface area contributed by atoms with Crippen LogP contribution >= 0.6 is 0 Å². The van der Waals surface area contributed by atoms with E-state index < -0.39 is 0 Å². The minimum atomic E-state index is 0.111. The molecule has 10 rings (SSSR count). The zero-order valence-electron chi connectivity index (χ0n) is 32.1. The first kappa shape index (κ1) is 33.7. The van der Waals surface area contributed by atoms with E-state index in [1.807, 2.05) is 0 Å². The van der Waals surface area contributed by atoms with Gasteiger partial charge >= 0.3 is 0 Å². The first-order valence-corrected chi connectivity index (χ1v) is 20.3. The van der Waals surface area contributed by atoms with E-state index >= 15 is 0 Å². The Labute approximate surface area is 325 Å². The van der Waals surface area contributed by atoms with Crippen LogP contribution < -0.4 is 4.90 Å². The van der Waals surface area contributed by atoms with Gasteiger partial charge in [0.2, 0.25) is 0 Å². The molecule has 1 aromatic heterocycles. The maximum absolute atomic E-state index is 2.59. The molecule has 270 valence electrons. The predicted molar refractivity (Wildman–Crippen MR) is 234 cm³/mol. The molecule has 0 radical (unpaired) electrons. The van der Waals surface area contributed by atoms with Crippen LogP contribution in [0.15, 0.2) is 175 Å².